The topological polar surface area (TPSA) is 37.3 Å². The summed E-state index contributed by atoms with van der Waals surface area (Å²) in [5.74, 6) is -0.196. The first-order valence-corrected chi connectivity index (χ1v) is 10.4. The minimum Gasteiger partial charge on any atom is -0.506 e. The van der Waals surface area contributed by atoms with E-state index in [0.717, 1.165) is 10.4 Å². The molecule has 0 aliphatic heterocycles. The summed E-state index contributed by atoms with van der Waals surface area (Å²) in [6.45, 7) is 0. The van der Waals surface area contributed by atoms with Gasteiger partial charge in [-0.25, -0.2) is 0 Å². The van der Waals surface area contributed by atoms with Crippen LogP contribution in [-0.2, 0) is 0 Å². The lowest BCUT2D eigenvalue weighted by Crippen LogP contribution is -1.89. The molecular formula is C20H14Cl2O2S2. The van der Waals surface area contributed by atoms with Crippen molar-refractivity contribution in [2.75, 3.05) is 6.26 Å². The SMILES string of the molecule is CSc1ccc(-c2ccc(C(=O)C=Cc3ccc(O)c(Cl)c3Cl)s2)cc1. The van der Waals surface area contributed by atoms with E-state index in [1.165, 1.54) is 28.4 Å². The summed E-state index contributed by atoms with van der Waals surface area (Å²) in [6.07, 6.45) is 5.10. The van der Waals surface area contributed by atoms with Crippen molar-refractivity contribution in [2.45, 2.75) is 4.90 Å². The van der Waals surface area contributed by atoms with E-state index in [-0.39, 0.29) is 21.6 Å². The number of ketones is 1. The molecule has 0 saturated heterocycles. The summed E-state index contributed by atoms with van der Waals surface area (Å²) in [5.41, 5.74) is 1.66. The number of halogens is 2. The van der Waals surface area contributed by atoms with Gasteiger partial charge in [-0.3, -0.25) is 4.79 Å². The van der Waals surface area contributed by atoms with Crippen LogP contribution in [0.4, 0.5) is 0 Å². The smallest absolute Gasteiger partial charge is 0.195 e. The monoisotopic (exact) mass is 420 g/mol. The van der Waals surface area contributed by atoms with Crippen molar-refractivity contribution in [1.82, 2.24) is 0 Å². The lowest BCUT2D eigenvalue weighted by Gasteiger charge is -2.02. The second-order valence-corrected chi connectivity index (χ2v) is 8.11. The molecule has 0 saturated carbocycles. The van der Waals surface area contributed by atoms with Gasteiger partial charge in [-0.05, 0) is 65.9 Å². The average molecular weight is 421 g/mol. The molecule has 2 aromatic carbocycles. The molecule has 0 unspecified atom stereocenters. The van der Waals surface area contributed by atoms with Crippen LogP contribution in [0.15, 0.2) is 59.5 Å². The third kappa shape index (κ3) is 4.15. The number of carbonyl (C=O) groups is 1. The minimum absolute atomic E-state index is 0.0772. The maximum atomic E-state index is 12.4. The Hall–Kier alpha value is -1.72. The number of benzene rings is 2. The predicted molar refractivity (Wildman–Crippen MR) is 113 cm³/mol. The van der Waals surface area contributed by atoms with Gasteiger partial charge in [0.15, 0.2) is 5.78 Å². The Morgan fingerprint density at radius 3 is 2.46 bits per heavy atom. The summed E-state index contributed by atoms with van der Waals surface area (Å²) >= 11 is 15.1. The Kier molecular flexibility index (Phi) is 6.09. The largest absolute Gasteiger partial charge is 0.506 e. The standard InChI is InChI=1S/C20H14Cl2O2S2/c1-25-14-6-2-12(3-7-14)17-10-11-18(26-17)15(23)8-4-13-5-9-16(24)20(22)19(13)21/h2-11,24H,1H3. The summed E-state index contributed by atoms with van der Waals surface area (Å²) < 4.78 is 0. The number of phenolic OH excluding ortho intramolecular Hbond substituents is 1. The Bertz CT molecular complexity index is 976. The Balaban J connectivity index is 1.78. The van der Waals surface area contributed by atoms with E-state index in [1.807, 2.05) is 18.4 Å². The van der Waals surface area contributed by atoms with Crippen molar-refractivity contribution < 1.29 is 9.90 Å². The fraction of sp³-hybridized carbons (Fsp3) is 0.0500. The molecule has 0 radical (unpaired) electrons. The van der Waals surface area contributed by atoms with Crippen molar-refractivity contribution in [3.63, 3.8) is 0 Å². The van der Waals surface area contributed by atoms with Gasteiger partial charge in [0.05, 0.1) is 9.90 Å². The maximum Gasteiger partial charge on any atom is 0.195 e. The maximum absolute atomic E-state index is 12.4. The number of rotatable bonds is 5. The third-order valence-electron chi connectivity index (χ3n) is 3.73. The number of hydrogen-bond donors (Lipinski definition) is 1. The first-order chi connectivity index (χ1) is 12.5. The molecule has 2 nitrogen and oxygen atoms in total. The lowest BCUT2D eigenvalue weighted by molar-refractivity contribution is 0.105. The lowest BCUT2D eigenvalue weighted by atomic mass is 10.1. The van der Waals surface area contributed by atoms with Gasteiger partial charge in [0, 0.05) is 9.77 Å². The highest BCUT2D eigenvalue weighted by molar-refractivity contribution is 7.98. The molecule has 0 spiro atoms. The normalized spacial score (nSPS) is 11.2. The second-order valence-electron chi connectivity index (χ2n) is 5.39. The third-order valence-corrected chi connectivity index (χ3v) is 6.51. The number of thioether (sulfide) groups is 1. The second kappa shape index (κ2) is 8.31. The molecule has 132 valence electrons. The van der Waals surface area contributed by atoms with Gasteiger partial charge < -0.3 is 5.11 Å². The molecule has 1 N–H and O–H groups in total. The van der Waals surface area contributed by atoms with E-state index < -0.39 is 0 Å². The van der Waals surface area contributed by atoms with E-state index >= 15 is 0 Å². The van der Waals surface area contributed by atoms with Crippen LogP contribution < -0.4 is 0 Å². The van der Waals surface area contributed by atoms with E-state index in [1.54, 1.807) is 23.9 Å². The minimum atomic E-state index is -0.109. The molecule has 26 heavy (non-hydrogen) atoms. The highest BCUT2D eigenvalue weighted by Gasteiger charge is 2.10. The quantitative estimate of drug-likeness (QED) is 0.273. The van der Waals surface area contributed by atoms with Gasteiger partial charge in [0.1, 0.15) is 10.8 Å². The van der Waals surface area contributed by atoms with Crippen LogP contribution in [0.2, 0.25) is 10.0 Å². The highest BCUT2D eigenvalue weighted by Crippen LogP contribution is 2.34. The van der Waals surface area contributed by atoms with Crippen LogP contribution in [0.3, 0.4) is 0 Å². The summed E-state index contributed by atoms with van der Waals surface area (Å²) in [5, 5.41) is 9.81. The van der Waals surface area contributed by atoms with Crippen LogP contribution >= 0.6 is 46.3 Å². The molecule has 0 aliphatic carbocycles. The van der Waals surface area contributed by atoms with Crippen molar-refractivity contribution in [3.8, 4) is 16.2 Å². The predicted octanol–water partition coefficient (Wildman–Crippen LogP) is 7.05. The number of hydrogen-bond acceptors (Lipinski definition) is 4. The van der Waals surface area contributed by atoms with E-state index in [2.05, 4.69) is 24.3 Å². The number of allylic oxidation sites excluding steroid dienone is 1. The number of phenols is 1. The van der Waals surface area contributed by atoms with Gasteiger partial charge in [-0.1, -0.05) is 35.3 Å². The zero-order valence-corrected chi connectivity index (χ0v) is 16.8. The first kappa shape index (κ1) is 19.1. The Morgan fingerprint density at radius 1 is 1.04 bits per heavy atom. The molecule has 0 aliphatic rings. The summed E-state index contributed by atoms with van der Waals surface area (Å²) in [6, 6.07) is 15.1. The van der Waals surface area contributed by atoms with Gasteiger partial charge >= 0.3 is 0 Å². The van der Waals surface area contributed by atoms with Gasteiger partial charge in [0.25, 0.3) is 0 Å². The molecule has 3 rings (SSSR count). The molecule has 3 aromatic rings. The highest BCUT2D eigenvalue weighted by atomic mass is 35.5. The average Bonchev–Trinajstić information content (AvgIpc) is 3.16. The van der Waals surface area contributed by atoms with Crippen LogP contribution in [0.25, 0.3) is 16.5 Å². The molecule has 6 heteroatoms. The number of thiophene rings is 1. The van der Waals surface area contributed by atoms with Crippen molar-refractivity contribution in [1.29, 1.82) is 0 Å². The van der Waals surface area contributed by atoms with Gasteiger partial charge in [0.2, 0.25) is 0 Å². The molecule has 1 heterocycles. The van der Waals surface area contributed by atoms with Gasteiger partial charge in [-0.2, -0.15) is 0 Å². The van der Waals surface area contributed by atoms with Crippen LogP contribution in [0.1, 0.15) is 15.2 Å². The molecule has 1 aromatic heterocycles. The number of carbonyl (C=O) groups excluding carboxylic acids is 1. The van der Waals surface area contributed by atoms with Crippen molar-refractivity contribution in [3.05, 3.63) is 75.1 Å². The fourth-order valence-corrected chi connectivity index (χ4v) is 4.05. The summed E-state index contributed by atoms with van der Waals surface area (Å²) in [4.78, 5) is 15.3. The summed E-state index contributed by atoms with van der Waals surface area (Å²) in [7, 11) is 0. The van der Waals surface area contributed by atoms with E-state index in [4.69, 9.17) is 23.2 Å². The van der Waals surface area contributed by atoms with Crippen LogP contribution in [0.5, 0.6) is 5.75 Å². The van der Waals surface area contributed by atoms with Crippen molar-refractivity contribution in [2.24, 2.45) is 0 Å². The molecule has 0 bridgehead atoms. The Morgan fingerprint density at radius 2 is 1.77 bits per heavy atom. The fourth-order valence-electron chi connectivity index (χ4n) is 2.31. The van der Waals surface area contributed by atoms with Crippen molar-refractivity contribution >= 4 is 58.2 Å². The molecular weight excluding hydrogens is 407 g/mol. The van der Waals surface area contributed by atoms with E-state index in [0.29, 0.717) is 10.4 Å². The molecule has 0 atom stereocenters. The first-order valence-electron chi connectivity index (χ1n) is 7.63. The van der Waals surface area contributed by atoms with Gasteiger partial charge in [-0.15, -0.1) is 23.1 Å². The zero-order valence-electron chi connectivity index (χ0n) is 13.7. The Labute approximate surface area is 170 Å². The molecule has 0 fully saturated rings. The molecule has 0 amide bonds. The van der Waals surface area contributed by atoms with E-state index in [9.17, 15) is 9.90 Å². The van der Waals surface area contributed by atoms with Crippen LogP contribution in [0, 0.1) is 0 Å². The van der Waals surface area contributed by atoms with Crippen LogP contribution in [-0.4, -0.2) is 17.1 Å². The number of aromatic hydroxyl groups is 1. The zero-order chi connectivity index (χ0) is 18.7.